The average molecular weight is 465 g/mol. The highest BCUT2D eigenvalue weighted by atomic mass is 32.2. The number of fused-ring (bicyclic) bond motifs is 1. The Labute approximate surface area is 186 Å². The van der Waals surface area contributed by atoms with Gasteiger partial charge in [-0.2, -0.15) is 5.26 Å². The first kappa shape index (κ1) is 22.0. The number of thiophene rings is 1. The standard InChI is InChI=1S/C20H28N6O3S2/c1-2-22-20(23-11-21)25-14-7-8-16-15(9-14)17(31(28,29)24-10-12-3-4-12)19(30-16)26-18(27)13-5-6-13/h12-14,24H,2-10H2,1H3,(H,26,27)(H2,22,23,25). The first-order valence-corrected chi connectivity index (χ1v) is 13.1. The first-order chi connectivity index (χ1) is 14.9. The smallest absolute Gasteiger partial charge is 0.243 e. The molecule has 1 atom stereocenters. The summed E-state index contributed by atoms with van der Waals surface area (Å²) < 4.78 is 29.3. The highest BCUT2D eigenvalue weighted by molar-refractivity contribution is 7.90. The van der Waals surface area contributed by atoms with Gasteiger partial charge in [-0.05, 0) is 63.4 Å². The van der Waals surface area contributed by atoms with Gasteiger partial charge in [-0.3, -0.25) is 4.79 Å². The van der Waals surface area contributed by atoms with E-state index >= 15 is 0 Å². The van der Waals surface area contributed by atoms with Crippen LogP contribution in [0.4, 0.5) is 5.00 Å². The monoisotopic (exact) mass is 464 g/mol. The molecular weight excluding hydrogens is 436 g/mol. The zero-order valence-electron chi connectivity index (χ0n) is 17.5. The molecule has 0 spiro atoms. The Kier molecular flexibility index (Phi) is 6.50. The van der Waals surface area contributed by atoms with Gasteiger partial charge in [0, 0.05) is 29.9 Å². The second kappa shape index (κ2) is 9.14. The number of nitriles is 1. The molecule has 9 nitrogen and oxygen atoms in total. The Morgan fingerprint density at radius 1 is 1.26 bits per heavy atom. The molecule has 1 aromatic heterocycles. The topological polar surface area (TPSA) is 135 Å². The zero-order valence-corrected chi connectivity index (χ0v) is 19.2. The molecule has 1 aromatic rings. The maximum Gasteiger partial charge on any atom is 0.243 e. The average Bonchev–Trinajstić information content (AvgIpc) is 3.63. The number of rotatable bonds is 8. The Balaban J connectivity index is 1.60. The number of carbonyl (C=O) groups is 1. The van der Waals surface area contributed by atoms with E-state index in [-0.39, 0.29) is 22.8 Å². The van der Waals surface area contributed by atoms with Crippen molar-refractivity contribution in [3.05, 3.63) is 10.4 Å². The Hall–Kier alpha value is -2.16. The molecule has 168 valence electrons. The molecule has 4 rings (SSSR count). The third kappa shape index (κ3) is 5.37. The van der Waals surface area contributed by atoms with Crippen LogP contribution in [-0.4, -0.2) is 39.4 Å². The molecule has 11 heteroatoms. The number of carbonyl (C=O) groups excluding carboxylic acids is 1. The fraction of sp³-hybridized carbons (Fsp3) is 0.650. The molecule has 0 aromatic carbocycles. The summed E-state index contributed by atoms with van der Waals surface area (Å²) in [6.07, 6.45) is 7.57. The second-order valence-corrected chi connectivity index (χ2v) is 11.2. The summed E-state index contributed by atoms with van der Waals surface area (Å²) in [5.74, 6) is 0.705. The van der Waals surface area contributed by atoms with Crippen LogP contribution in [0.25, 0.3) is 0 Å². The van der Waals surface area contributed by atoms with Crippen LogP contribution in [0.1, 0.15) is 49.5 Å². The van der Waals surface area contributed by atoms with Crippen molar-refractivity contribution < 1.29 is 13.2 Å². The highest BCUT2D eigenvalue weighted by Gasteiger charge is 2.36. The number of nitrogens with zero attached hydrogens (tertiary/aromatic N) is 2. The number of hydrogen-bond acceptors (Lipinski definition) is 6. The van der Waals surface area contributed by atoms with Crippen molar-refractivity contribution in [2.24, 2.45) is 16.8 Å². The fourth-order valence-corrected chi connectivity index (χ4v) is 6.85. The number of hydrogen-bond donors (Lipinski definition) is 4. The number of anilines is 1. The molecular formula is C20H28N6O3S2. The molecule has 4 N–H and O–H groups in total. The minimum atomic E-state index is -3.75. The van der Waals surface area contributed by atoms with Gasteiger partial charge in [0.2, 0.25) is 28.1 Å². The van der Waals surface area contributed by atoms with Gasteiger partial charge in [0.05, 0.1) is 0 Å². The summed E-state index contributed by atoms with van der Waals surface area (Å²) in [5, 5.41) is 18.5. The Morgan fingerprint density at radius 3 is 2.68 bits per heavy atom. The van der Waals surface area contributed by atoms with Crippen molar-refractivity contribution in [3.8, 4) is 6.19 Å². The summed E-state index contributed by atoms with van der Waals surface area (Å²) in [6, 6.07) is -0.0578. The molecule has 31 heavy (non-hydrogen) atoms. The molecule has 2 fully saturated rings. The summed E-state index contributed by atoms with van der Waals surface area (Å²) in [4.78, 5) is 17.4. The Morgan fingerprint density at radius 2 is 2.03 bits per heavy atom. The van der Waals surface area contributed by atoms with E-state index in [1.807, 2.05) is 6.92 Å². The highest BCUT2D eigenvalue weighted by Crippen LogP contribution is 2.42. The molecule has 0 bridgehead atoms. The van der Waals surface area contributed by atoms with Crippen molar-refractivity contribution in [1.29, 1.82) is 5.26 Å². The van der Waals surface area contributed by atoms with Crippen molar-refractivity contribution in [2.75, 3.05) is 18.4 Å². The lowest BCUT2D eigenvalue weighted by Gasteiger charge is -2.25. The lowest BCUT2D eigenvalue weighted by Crippen LogP contribution is -2.45. The lowest BCUT2D eigenvalue weighted by atomic mass is 9.94. The molecule has 1 amide bonds. The summed E-state index contributed by atoms with van der Waals surface area (Å²) in [6.45, 7) is 2.97. The zero-order chi connectivity index (χ0) is 22.0. The van der Waals surface area contributed by atoms with E-state index in [1.165, 1.54) is 11.3 Å². The lowest BCUT2D eigenvalue weighted by molar-refractivity contribution is -0.117. The van der Waals surface area contributed by atoms with Crippen LogP contribution in [-0.2, 0) is 27.7 Å². The molecule has 0 saturated heterocycles. The predicted molar refractivity (Wildman–Crippen MR) is 119 cm³/mol. The van der Waals surface area contributed by atoms with Crippen LogP contribution < -0.4 is 20.7 Å². The van der Waals surface area contributed by atoms with Gasteiger partial charge in [-0.1, -0.05) is 0 Å². The summed E-state index contributed by atoms with van der Waals surface area (Å²) >= 11 is 1.38. The van der Waals surface area contributed by atoms with E-state index in [2.05, 4.69) is 25.7 Å². The number of aryl methyl sites for hydroxylation is 1. The van der Waals surface area contributed by atoms with Gasteiger partial charge < -0.3 is 16.0 Å². The van der Waals surface area contributed by atoms with Crippen LogP contribution in [0, 0.1) is 23.3 Å². The van der Waals surface area contributed by atoms with Crippen molar-refractivity contribution in [2.45, 2.75) is 62.8 Å². The van der Waals surface area contributed by atoms with E-state index in [1.54, 1.807) is 6.19 Å². The van der Waals surface area contributed by atoms with E-state index in [4.69, 9.17) is 5.26 Å². The Bertz CT molecular complexity index is 1020. The van der Waals surface area contributed by atoms with E-state index in [0.29, 0.717) is 42.8 Å². The van der Waals surface area contributed by atoms with E-state index in [9.17, 15) is 13.2 Å². The van der Waals surface area contributed by atoms with E-state index < -0.39 is 10.0 Å². The largest absolute Gasteiger partial charge is 0.356 e. The molecule has 3 aliphatic rings. The number of guanidine groups is 1. The van der Waals surface area contributed by atoms with Crippen molar-refractivity contribution in [1.82, 2.24) is 15.4 Å². The van der Waals surface area contributed by atoms with Crippen LogP contribution in [0.3, 0.4) is 0 Å². The molecule has 1 heterocycles. The van der Waals surface area contributed by atoms with Gasteiger partial charge in [0.25, 0.3) is 0 Å². The van der Waals surface area contributed by atoms with Gasteiger partial charge in [0.1, 0.15) is 9.90 Å². The normalized spacial score (nSPS) is 21.2. The molecule has 0 radical (unpaired) electrons. The summed E-state index contributed by atoms with van der Waals surface area (Å²) in [5.41, 5.74) is 0.760. The predicted octanol–water partition coefficient (Wildman–Crippen LogP) is 1.68. The number of nitrogens with one attached hydrogen (secondary N) is 4. The first-order valence-electron chi connectivity index (χ1n) is 10.8. The maximum atomic E-state index is 13.3. The van der Waals surface area contributed by atoms with Crippen molar-refractivity contribution in [3.63, 3.8) is 0 Å². The SMILES string of the molecule is CCNC(=NC#N)NC1CCc2sc(NC(=O)C3CC3)c(S(=O)(=O)NCC3CC3)c2C1. The van der Waals surface area contributed by atoms with E-state index in [0.717, 1.165) is 42.5 Å². The van der Waals surface area contributed by atoms with Crippen LogP contribution >= 0.6 is 11.3 Å². The van der Waals surface area contributed by atoms with Crippen LogP contribution in [0.5, 0.6) is 0 Å². The van der Waals surface area contributed by atoms with Crippen molar-refractivity contribution >= 4 is 38.2 Å². The number of sulfonamides is 1. The van der Waals surface area contributed by atoms with Crippen LogP contribution in [0.2, 0.25) is 0 Å². The molecule has 3 aliphatic carbocycles. The van der Waals surface area contributed by atoms with Crippen LogP contribution in [0.15, 0.2) is 9.89 Å². The summed E-state index contributed by atoms with van der Waals surface area (Å²) in [7, 11) is -3.75. The third-order valence-corrected chi connectivity index (χ3v) is 8.64. The quantitative estimate of drug-likeness (QED) is 0.263. The van der Waals surface area contributed by atoms with Gasteiger partial charge in [0.15, 0.2) is 0 Å². The molecule has 0 aliphatic heterocycles. The maximum absolute atomic E-state index is 13.3. The fourth-order valence-electron chi connectivity index (χ4n) is 3.76. The second-order valence-electron chi connectivity index (χ2n) is 8.40. The van der Waals surface area contributed by atoms with Gasteiger partial charge in [-0.15, -0.1) is 16.3 Å². The minimum Gasteiger partial charge on any atom is -0.356 e. The molecule has 1 unspecified atom stereocenters. The number of amides is 1. The van der Waals surface area contributed by atoms with Gasteiger partial charge in [-0.25, -0.2) is 13.1 Å². The third-order valence-electron chi connectivity index (χ3n) is 5.77. The van der Waals surface area contributed by atoms with Gasteiger partial charge >= 0.3 is 0 Å². The minimum absolute atomic E-state index is 0.00612. The molecule has 2 saturated carbocycles. The number of aliphatic imine (C=N–C) groups is 1.